The number of hydrogen-bond donors (Lipinski definition) is 2. The lowest BCUT2D eigenvalue weighted by molar-refractivity contribution is -0.137. The zero-order chi connectivity index (χ0) is 21.2. The van der Waals surface area contributed by atoms with Gasteiger partial charge in [-0.15, -0.1) is 11.3 Å². The number of fused-ring (bicyclic) bond motifs is 1. The second kappa shape index (κ2) is 8.44. The molecule has 1 aliphatic carbocycles. The molecule has 2 aromatic rings. The molecule has 0 radical (unpaired) electrons. The number of esters is 1. The van der Waals surface area contributed by atoms with E-state index in [1.54, 1.807) is 6.92 Å². The molecule has 1 heterocycles. The van der Waals surface area contributed by atoms with Gasteiger partial charge in [-0.25, -0.2) is 9.59 Å². The van der Waals surface area contributed by atoms with Crippen LogP contribution in [0.25, 0.3) is 0 Å². The summed E-state index contributed by atoms with van der Waals surface area (Å²) >= 11 is 1.31. The van der Waals surface area contributed by atoms with Crippen LogP contribution in [0.4, 0.5) is 28.7 Å². The lowest BCUT2D eigenvalue weighted by atomic mass is 9.88. The van der Waals surface area contributed by atoms with Crippen molar-refractivity contribution in [2.45, 2.75) is 39.3 Å². The number of rotatable bonds is 4. The Kier molecular flexibility index (Phi) is 6.16. The number of halogens is 3. The minimum Gasteiger partial charge on any atom is -0.462 e. The molecular weight excluding hydrogens is 405 g/mol. The molecule has 0 unspecified atom stereocenters. The molecule has 1 aliphatic rings. The topological polar surface area (TPSA) is 67.4 Å². The van der Waals surface area contributed by atoms with Crippen LogP contribution in [0.3, 0.4) is 0 Å². The number of urea groups is 1. The Labute approximate surface area is 170 Å². The Morgan fingerprint density at radius 2 is 2.03 bits per heavy atom. The minimum absolute atomic E-state index is 0.00458. The van der Waals surface area contributed by atoms with Crippen molar-refractivity contribution in [3.05, 3.63) is 45.8 Å². The molecule has 5 nitrogen and oxygen atoms in total. The molecule has 3 rings (SSSR count). The number of anilines is 2. The third kappa shape index (κ3) is 4.90. The number of carbonyl (C=O) groups excluding carboxylic acids is 2. The number of alkyl halides is 3. The lowest BCUT2D eigenvalue weighted by Gasteiger charge is -2.18. The van der Waals surface area contributed by atoms with E-state index in [1.807, 2.05) is 0 Å². The van der Waals surface area contributed by atoms with E-state index < -0.39 is 23.7 Å². The molecule has 1 aromatic carbocycles. The van der Waals surface area contributed by atoms with Gasteiger partial charge in [0.1, 0.15) is 5.00 Å². The van der Waals surface area contributed by atoms with Crippen molar-refractivity contribution in [1.82, 2.24) is 0 Å². The van der Waals surface area contributed by atoms with Crippen LogP contribution in [0.2, 0.25) is 0 Å². The first-order valence-corrected chi connectivity index (χ1v) is 10.1. The van der Waals surface area contributed by atoms with Crippen molar-refractivity contribution in [3.63, 3.8) is 0 Å². The molecule has 0 bridgehead atoms. The van der Waals surface area contributed by atoms with Crippen molar-refractivity contribution < 1.29 is 27.5 Å². The summed E-state index contributed by atoms with van der Waals surface area (Å²) in [5.41, 5.74) is 0.381. The van der Waals surface area contributed by atoms with Crippen LogP contribution < -0.4 is 10.6 Å². The van der Waals surface area contributed by atoms with Gasteiger partial charge in [0.2, 0.25) is 0 Å². The quantitative estimate of drug-likeness (QED) is 0.615. The first-order chi connectivity index (χ1) is 13.7. The number of carbonyl (C=O) groups is 2. The predicted molar refractivity (Wildman–Crippen MR) is 106 cm³/mol. The highest BCUT2D eigenvalue weighted by molar-refractivity contribution is 7.17. The van der Waals surface area contributed by atoms with E-state index in [-0.39, 0.29) is 12.3 Å². The lowest BCUT2D eigenvalue weighted by Crippen LogP contribution is -2.21. The summed E-state index contributed by atoms with van der Waals surface area (Å²) in [6, 6.07) is 3.64. The van der Waals surface area contributed by atoms with E-state index in [0.29, 0.717) is 16.5 Å². The Balaban J connectivity index is 1.82. The second-order valence-electron chi connectivity index (χ2n) is 6.93. The van der Waals surface area contributed by atoms with Crippen LogP contribution >= 0.6 is 11.3 Å². The van der Waals surface area contributed by atoms with Gasteiger partial charge >= 0.3 is 18.2 Å². The Bertz CT molecular complexity index is 924. The first kappa shape index (κ1) is 21.2. The van der Waals surface area contributed by atoms with E-state index in [4.69, 9.17) is 4.74 Å². The van der Waals surface area contributed by atoms with Crippen LogP contribution in [-0.2, 0) is 23.8 Å². The average Bonchev–Trinajstić information content (AvgIpc) is 2.98. The molecule has 2 N–H and O–H groups in total. The summed E-state index contributed by atoms with van der Waals surface area (Å²) in [4.78, 5) is 25.9. The Morgan fingerprint density at radius 3 is 2.72 bits per heavy atom. The van der Waals surface area contributed by atoms with Gasteiger partial charge in [-0.2, -0.15) is 13.2 Å². The largest absolute Gasteiger partial charge is 0.462 e. The smallest absolute Gasteiger partial charge is 0.416 e. The number of nitrogens with one attached hydrogen (secondary N) is 2. The summed E-state index contributed by atoms with van der Waals surface area (Å²) < 4.78 is 43.7. The number of thiophene rings is 1. The normalized spacial score (nSPS) is 16.1. The first-order valence-electron chi connectivity index (χ1n) is 9.26. The molecule has 1 atom stereocenters. The van der Waals surface area contributed by atoms with Crippen molar-refractivity contribution in [3.8, 4) is 0 Å². The van der Waals surface area contributed by atoms with Crippen molar-refractivity contribution in [2.75, 3.05) is 17.2 Å². The summed E-state index contributed by atoms with van der Waals surface area (Å²) in [6.45, 7) is 4.03. The summed E-state index contributed by atoms with van der Waals surface area (Å²) in [6.07, 6.45) is -2.04. The fourth-order valence-electron chi connectivity index (χ4n) is 3.30. The number of amides is 2. The van der Waals surface area contributed by atoms with E-state index in [9.17, 15) is 22.8 Å². The maximum absolute atomic E-state index is 12.9. The van der Waals surface area contributed by atoms with Gasteiger partial charge in [0, 0.05) is 10.6 Å². The molecule has 156 valence electrons. The molecule has 0 spiro atoms. The second-order valence-corrected chi connectivity index (χ2v) is 8.04. The highest BCUT2D eigenvalue weighted by Crippen LogP contribution is 2.40. The predicted octanol–water partition coefficient (Wildman–Crippen LogP) is 5.71. The fourth-order valence-corrected chi connectivity index (χ4v) is 4.69. The molecule has 2 amide bonds. The van der Waals surface area contributed by atoms with Crippen molar-refractivity contribution in [2.24, 2.45) is 5.92 Å². The summed E-state index contributed by atoms with van der Waals surface area (Å²) in [5, 5.41) is 5.36. The van der Waals surface area contributed by atoms with E-state index in [1.165, 1.54) is 23.5 Å². The van der Waals surface area contributed by atoms with Crippen LogP contribution in [0.15, 0.2) is 24.3 Å². The van der Waals surface area contributed by atoms with Gasteiger partial charge in [-0.05, 0) is 55.9 Å². The molecule has 0 saturated carbocycles. The maximum atomic E-state index is 12.9. The standard InChI is InChI=1S/C20H21F3N2O3S/c1-3-28-18(26)16-14-8-7-11(2)9-15(14)29-17(16)25-19(27)24-13-6-4-5-12(10-13)20(21,22)23/h4-6,10-11H,3,7-9H2,1-2H3,(H2,24,25,27)/t11-/m0/s1. The SMILES string of the molecule is CCOC(=O)c1c(NC(=O)Nc2cccc(C(F)(F)F)c2)sc2c1CC[C@H](C)C2. The fraction of sp³-hybridized carbons (Fsp3) is 0.400. The third-order valence-electron chi connectivity index (χ3n) is 4.67. The number of benzene rings is 1. The molecule has 0 saturated heterocycles. The highest BCUT2D eigenvalue weighted by Gasteiger charge is 2.31. The average molecular weight is 426 g/mol. The van der Waals surface area contributed by atoms with Crippen LogP contribution in [0.5, 0.6) is 0 Å². The zero-order valence-corrected chi connectivity index (χ0v) is 16.8. The van der Waals surface area contributed by atoms with E-state index in [0.717, 1.165) is 41.8 Å². The van der Waals surface area contributed by atoms with Gasteiger partial charge in [0.25, 0.3) is 0 Å². The summed E-state index contributed by atoms with van der Waals surface area (Å²) in [7, 11) is 0. The molecule has 0 fully saturated rings. The third-order valence-corrected chi connectivity index (χ3v) is 5.84. The highest BCUT2D eigenvalue weighted by atomic mass is 32.1. The maximum Gasteiger partial charge on any atom is 0.416 e. The summed E-state index contributed by atoms with van der Waals surface area (Å²) in [5.74, 6) is -0.0306. The monoisotopic (exact) mass is 426 g/mol. The zero-order valence-electron chi connectivity index (χ0n) is 16.0. The Morgan fingerprint density at radius 1 is 1.28 bits per heavy atom. The van der Waals surface area contributed by atoms with Gasteiger partial charge in [0.05, 0.1) is 17.7 Å². The van der Waals surface area contributed by atoms with E-state index >= 15 is 0 Å². The van der Waals surface area contributed by atoms with Crippen LogP contribution in [0, 0.1) is 5.92 Å². The molecule has 9 heteroatoms. The van der Waals surface area contributed by atoms with Crippen molar-refractivity contribution in [1.29, 1.82) is 0 Å². The molecule has 0 aliphatic heterocycles. The van der Waals surface area contributed by atoms with Crippen LogP contribution in [-0.4, -0.2) is 18.6 Å². The van der Waals surface area contributed by atoms with Gasteiger partial charge in [-0.1, -0.05) is 13.0 Å². The van der Waals surface area contributed by atoms with Gasteiger partial charge < -0.3 is 10.1 Å². The van der Waals surface area contributed by atoms with Gasteiger partial charge in [0.15, 0.2) is 0 Å². The Hall–Kier alpha value is -2.55. The molecular formula is C20H21F3N2O3S. The van der Waals surface area contributed by atoms with E-state index in [2.05, 4.69) is 17.6 Å². The number of hydrogen-bond acceptors (Lipinski definition) is 4. The van der Waals surface area contributed by atoms with Crippen LogP contribution in [0.1, 0.15) is 46.6 Å². The number of ether oxygens (including phenoxy) is 1. The molecule has 1 aromatic heterocycles. The van der Waals surface area contributed by atoms with Crippen molar-refractivity contribution >= 4 is 34.0 Å². The minimum atomic E-state index is -4.51. The van der Waals surface area contributed by atoms with Gasteiger partial charge in [-0.3, -0.25) is 5.32 Å². The molecule has 29 heavy (non-hydrogen) atoms.